The van der Waals surface area contributed by atoms with Gasteiger partial charge in [-0.3, -0.25) is 28.5 Å². The number of anilines is 1. The third kappa shape index (κ3) is 4.17. The molecule has 4 heterocycles. The molecule has 176 valence electrons. The second-order valence-electron chi connectivity index (χ2n) is 7.75. The Hall–Kier alpha value is -3.64. The predicted octanol–water partition coefficient (Wildman–Crippen LogP) is 2.17. The lowest BCUT2D eigenvalue weighted by molar-refractivity contribution is -0.119. The zero-order valence-corrected chi connectivity index (χ0v) is 20.3. The number of pyridine rings is 1. The summed E-state index contributed by atoms with van der Waals surface area (Å²) in [6, 6.07) is 0.895. The highest BCUT2D eigenvalue weighted by molar-refractivity contribution is 7.13. The van der Waals surface area contributed by atoms with E-state index in [-0.39, 0.29) is 23.5 Å². The van der Waals surface area contributed by atoms with E-state index in [4.69, 9.17) is 11.6 Å². The van der Waals surface area contributed by atoms with E-state index in [0.717, 1.165) is 10.1 Å². The summed E-state index contributed by atoms with van der Waals surface area (Å²) in [4.78, 5) is 62.8. The minimum Gasteiger partial charge on any atom is -0.312 e. The summed E-state index contributed by atoms with van der Waals surface area (Å²) in [5.41, 5.74) is 0.249. The molecular weight excluding hydrogens is 482 g/mol. The molecule has 0 spiro atoms. The lowest BCUT2D eigenvalue weighted by Crippen LogP contribution is -2.41. The average Bonchev–Trinajstić information content (AvgIpc) is 3.44. The molecule has 0 fully saturated rings. The molecule has 34 heavy (non-hydrogen) atoms. The summed E-state index contributed by atoms with van der Waals surface area (Å²) >= 11 is 7.46. The van der Waals surface area contributed by atoms with E-state index in [1.165, 1.54) is 40.8 Å². The Morgan fingerprint density at radius 2 is 2.00 bits per heavy atom. The SMILES string of the molecule is CC(=O)Cn1c(=O)c2c(ncn2[C@@H](C)C(=O)Nc2csc(-c3cnc(C)c(Cl)c3)n2)n(C)c1=O. The molecule has 11 nitrogen and oxygen atoms in total. The first-order chi connectivity index (χ1) is 16.1. The second kappa shape index (κ2) is 8.95. The van der Waals surface area contributed by atoms with Gasteiger partial charge in [0.05, 0.1) is 23.6 Å². The number of hydrogen-bond acceptors (Lipinski definition) is 8. The summed E-state index contributed by atoms with van der Waals surface area (Å²) in [6.07, 6.45) is 2.97. The first-order valence-electron chi connectivity index (χ1n) is 10.1. The number of thiazole rings is 1. The Bertz CT molecular complexity index is 1570. The van der Waals surface area contributed by atoms with Gasteiger partial charge in [-0.2, -0.15) is 0 Å². The van der Waals surface area contributed by atoms with E-state index in [1.54, 1.807) is 31.5 Å². The van der Waals surface area contributed by atoms with Gasteiger partial charge in [-0.05, 0) is 26.8 Å². The number of carbonyl (C=O) groups is 2. The highest BCUT2D eigenvalue weighted by Gasteiger charge is 2.23. The molecule has 0 aromatic carbocycles. The van der Waals surface area contributed by atoms with E-state index in [0.29, 0.717) is 21.5 Å². The summed E-state index contributed by atoms with van der Waals surface area (Å²) in [6.45, 7) is 4.31. The maximum atomic E-state index is 13.0. The van der Waals surface area contributed by atoms with Crippen LogP contribution in [0.1, 0.15) is 25.6 Å². The van der Waals surface area contributed by atoms with Gasteiger partial charge in [-0.15, -0.1) is 11.3 Å². The third-order valence-corrected chi connectivity index (χ3v) is 6.54. The van der Waals surface area contributed by atoms with Crippen LogP contribution in [0.3, 0.4) is 0 Å². The summed E-state index contributed by atoms with van der Waals surface area (Å²) in [5, 5.41) is 5.56. The van der Waals surface area contributed by atoms with Crippen molar-refractivity contribution in [1.82, 2.24) is 28.7 Å². The Labute approximate surface area is 201 Å². The first-order valence-corrected chi connectivity index (χ1v) is 11.4. The number of nitrogens with zero attached hydrogens (tertiary/aromatic N) is 6. The average molecular weight is 502 g/mol. The quantitative estimate of drug-likeness (QED) is 0.428. The van der Waals surface area contributed by atoms with Crippen LogP contribution in [0.5, 0.6) is 0 Å². The molecule has 0 aliphatic rings. The number of aryl methyl sites for hydroxylation is 2. The van der Waals surface area contributed by atoms with Crippen LogP contribution in [0.25, 0.3) is 21.7 Å². The second-order valence-corrected chi connectivity index (χ2v) is 9.02. The Kier molecular flexibility index (Phi) is 6.19. The number of fused-ring (bicyclic) bond motifs is 1. The fourth-order valence-electron chi connectivity index (χ4n) is 3.39. The number of ketones is 1. The van der Waals surface area contributed by atoms with Gasteiger partial charge < -0.3 is 9.88 Å². The van der Waals surface area contributed by atoms with Crippen molar-refractivity contribution in [1.29, 1.82) is 0 Å². The molecule has 13 heteroatoms. The van der Waals surface area contributed by atoms with Gasteiger partial charge in [0, 0.05) is 24.2 Å². The molecular formula is C21H20ClN7O4S. The molecule has 4 rings (SSSR count). The van der Waals surface area contributed by atoms with E-state index >= 15 is 0 Å². The largest absolute Gasteiger partial charge is 0.332 e. The van der Waals surface area contributed by atoms with Gasteiger partial charge in [-0.25, -0.2) is 14.8 Å². The molecule has 0 aliphatic heterocycles. The van der Waals surface area contributed by atoms with Crippen LogP contribution >= 0.6 is 22.9 Å². The zero-order chi connectivity index (χ0) is 24.7. The van der Waals surface area contributed by atoms with Crippen LogP contribution in [-0.4, -0.2) is 40.3 Å². The van der Waals surface area contributed by atoms with Crippen LogP contribution in [0.4, 0.5) is 5.82 Å². The number of carbonyl (C=O) groups excluding carboxylic acids is 2. The summed E-state index contributed by atoms with van der Waals surface area (Å²) < 4.78 is 3.38. The van der Waals surface area contributed by atoms with E-state index in [2.05, 4.69) is 20.3 Å². The van der Waals surface area contributed by atoms with Crippen LogP contribution in [0.2, 0.25) is 5.02 Å². The fourth-order valence-corrected chi connectivity index (χ4v) is 4.29. The number of rotatable bonds is 6. The molecule has 1 atom stereocenters. The van der Waals surface area contributed by atoms with Crippen molar-refractivity contribution in [2.45, 2.75) is 33.4 Å². The molecule has 0 unspecified atom stereocenters. The Morgan fingerprint density at radius 3 is 2.68 bits per heavy atom. The maximum Gasteiger partial charge on any atom is 0.332 e. The Morgan fingerprint density at radius 1 is 1.26 bits per heavy atom. The van der Waals surface area contributed by atoms with Crippen LogP contribution in [0, 0.1) is 6.92 Å². The van der Waals surface area contributed by atoms with Crippen LogP contribution < -0.4 is 16.6 Å². The van der Waals surface area contributed by atoms with Crippen molar-refractivity contribution in [3.63, 3.8) is 0 Å². The summed E-state index contributed by atoms with van der Waals surface area (Å²) in [7, 11) is 1.45. The molecule has 0 bridgehead atoms. The lowest BCUT2D eigenvalue weighted by Gasteiger charge is -2.14. The van der Waals surface area contributed by atoms with Gasteiger partial charge in [-0.1, -0.05) is 11.6 Å². The molecule has 4 aromatic heterocycles. The van der Waals surface area contributed by atoms with Crippen molar-refractivity contribution < 1.29 is 9.59 Å². The zero-order valence-electron chi connectivity index (χ0n) is 18.7. The Balaban J connectivity index is 1.64. The van der Waals surface area contributed by atoms with Crippen molar-refractivity contribution in [3.05, 3.63) is 55.5 Å². The van der Waals surface area contributed by atoms with Gasteiger partial charge in [0.1, 0.15) is 22.7 Å². The lowest BCUT2D eigenvalue weighted by atomic mass is 10.2. The maximum absolute atomic E-state index is 13.0. The molecule has 1 amide bonds. The fraction of sp³-hybridized carbons (Fsp3) is 0.286. The third-order valence-electron chi connectivity index (χ3n) is 5.26. The minimum absolute atomic E-state index is 0.0466. The monoisotopic (exact) mass is 501 g/mol. The standard InChI is InChI=1S/C21H20ClN7O4S/c1-10(30)7-28-20(32)16-17(27(4)21(28)33)24-9-29(16)12(3)18(31)25-15-8-34-19(26-15)13-5-14(22)11(2)23-6-13/h5-6,8-9,12H,7H2,1-4H3,(H,25,31)/t12-/m0/s1. The number of aromatic nitrogens is 6. The van der Waals surface area contributed by atoms with Gasteiger partial charge in [0.15, 0.2) is 11.2 Å². The van der Waals surface area contributed by atoms with Gasteiger partial charge >= 0.3 is 5.69 Å². The number of halogens is 1. The normalized spacial score (nSPS) is 12.1. The smallest absolute Gasteiger partial charge is 0.312 e. The molecule has 1 N–H and O–H groups in total. The highest BCUT2D eigenvalue weighted by Crippen LogP contribution is 2.28. The minimum atomic E-state index is -0.860. The molecule has 4 aromatic rings. The summed E-state index contributed by atoms with van der Waals surface area (Å²) in [5.74, 6) is -0.457. The van der Waals surface area contributed by atoms with Crippen molar-refractivity contribution in [2.75, 3.05) is 5.32 Å². The number of Topliss-reactive ketones (excluding diaryl/α,β-unsaturated/α-hetero) is 1. The van der Waals surface area contributed by atoms with Crippen molar-refractivity contribution in [2.24, 2.45) is 7.05 Å². The predicted molar refractivity (Wildman–Crippen MR) is 128 cm³/mol. The topological polar surface area (TPSA) is 134 Å². The van der Waals surface area contributed by atoms with E-state index in [1.807, 2.05) is 0 Å². The van der Waals surface area contributed by atoms with Crippen molar-refractivity contribution in [3.8, 4) is 10.6 Å². The first kappa shape index (κ1) is 23.5. The molecule has 0 radical (unpaired) electrons. The molecule has 0 saturated heterocycles. The number of amides is 1. The van der Waals surface area contributed by atoms with Crippen molar-refractivity contribution >= 4 is 51.6 Å². The number of hydrogen-bond donors (Lipinski definition) is 1. The van der Waals surface area contributed by atoms with E-state index in [9.17, 15) is 19.2 Å². The van der Waals surface area contributed by atoms with E-state index < -0.39 is 23.2 Å². The molecule has 0 saturated carbocycles. The molecule has 0 aliphatic carbocycles. The van der Waals surface area contributed by atoms with Crippen LogP contribution in [0.15, 0.2) is 33.6 Å². The number of nitrogens with one attached hydrogen (secondary N) is 1. The number of imidazole rings is 1. The van der Waals surface area contributed by atoms with Crippen LogP contribution in [-0.2, 0) is 23.2 Å². The highest BCUT2D eigenvalue weighted by atomic mass is 35.5. The van der Waals surface area contributed by atoms with Gasteiger partial charge in [0.25, 0.3) is 5.56 Å². The van der Waals surface area contributed by atoms with Gasteiger partial charge in [0.2, 0.25) is 5.91 Å².